The van der Waals surface area contributed by atoms with Crippen molar-refractivity contribution in [1.82, 2.24) is 0 Å². The molecule has 0 aromatic heterocycles. The van der Waals surface area contributed by atoms with E-state index in [2.05, 4.69) is 0 Å². The van der Waals surface area contributed by atoms with Gasteiger partial charge in [0.2, 0.25) is 0 Å². The van der Waals surface area contributed by atoms with Gasteiger partial charge >= 0.3 is 5.97 Å². The topological polar surface area (TPSA) is 37.3 Å². The summed E-state index contributed by atoms with van der Waals surface area (Å²) in [5, 5.41) is 7.69. The first kappa shape index (κ1) is 13.6. The second kappa shape index (κ2) is 3.64. The number of carboxylic acid groups (broad SMARTS) is 1. The number of hydrogen-bond acceptors (Lipinski definition) is 1. The van der Waals surface area contributed by atoms with Gasteiger partial charge in [0, 0.05) is 0 Å². The lowest BCUT2D eigenvalue weighted by atomic mass is 10.2. The highest BCUT2D eigenvalue weighted by Crippen LogP contribution is 2.53. The van der Waals surface area contributed by atoms with Gasteiger partial charge in [-0.2, -0.15) is 0 Å². The summed E-state index contributed by atoms with van der Waals surface area (Å²) >= 11 is 0. The van der Waals surface area contributed by atoms with Crippen molar-refractivity contribution in [2.45, 2.75) is 57.7 Å². The molecule has 0 atom stereocenters. The van der Waals surface area contributed by atoms with Crippen LogP contribution in [0, 0.1) is 0 Å². The Morgan fingerprint density at radius 2 is 1.43 bits per heavy atom. The minimum Gasteiger partial charge on any atom is -0.481 e. The first-order chi connectivity index (χ1) is 5.92. The molecule has 0 fully saturated rings. The number of rotatable bonds is 2. The molecular weight excluding hydrogens is 199 g/mol. The molecule has 2 nitrogen and oxygen atoms in total. The van der Waals surface area contributed by atoms with Gasteiger partial charge in [-0.1, -0.05) is 41.5 Å². The SMILES string of the molecule is CC(C)(C)[Si](F)(CC(=O)O)C(C)(C)C. The Labute approximate surface area is 86.7 Å². The van der Waals surface area contributed by atoms with Crippen LogP contribution in [0.3, 0.4) is 0 Å². The summed E-state index contributed by atoms with van der Waals surface area (Å²) < 4.78 is 14.8. The van der Waals surface area contributed by atoms with Crippen molar-refractivity contribution in [2.75, 3.05) is 0 Å². The predicted molar refractivity (Wildman–Crippen MR) is 58.7 cm³/mol. The Hall–Kier alpha value is -0.383. The van der Waals surface area contributed by atoms with Gasteiger partial charge in [-0.25, -0.2) is 0 Å². The Bertz CT molecular complexity index is 211. The smallest absolute Gasteiger partial charge is 0.303 e. The highest BCUT2D eigenvalue weighted by Gasteiger charge is 2.56. The number of carbonyl (C=O) groups is 1. The molecule has 0 bridgehead atoms. The fourth-order valence-electron chi connectivity index (χ4n) is 1.86. The molecule has 0 aromatic rings. The van der Waals surface area contributed by atoms with Crippen molar-refractivity contribution in [3.8, 4) is 0 Å². The molecule has 0 aromatic carbocycles. The number of halogens is 1. The minimum absolute atomic E-state index is 0.306. The third-order valence-electron chi connectivity index (χ3n) is 2.77. The van der Waals surface area contributed by atoms with Crippen LogP contribution in [-0.4, -0.2) is 19.5 Å². The normalized spacial score (nSPS) is 14.2. The van der Waals surface area contributed by atoms with Crippen LogP contribution in [0.15, 0.2) is 0 Å². The number of aliphatic carboxylic acids is 1. The standard InChI is InChI=1S/C10H21FO2Si/c1-9(2,3)14(11,7-8(12)13)10(4,5)6/h7H2,1-6H3,(H,12,13). The van der Waals surface area contributed by atoms with Gasteiger partial charge in [0.15, 0.2) is 0 Å². The number of hydrogen-bond donors (Lipinski definition) is 1. The van der Waals surface area contributed by atoms with E-state index in [-0.39, 0.29) is 6.04 Å². The molecule has 4 heteroatoms. The van der Waals surface area contributed by atoms with Gasteiger partial charge in [-0.05, 0) is 10.1 Å². The Balaban J connectivity index is 5.18. The molecule has 14 heavy (non-hydrogen) atoms. The molecule has 0 amide bonds. The van der Waals surface area contributed by atoms with E-state index in [0.717, 1.165) is 0 Å². The molecule has 0 rings (SSSR count). The zero-order valence-electron chi connectivity index (χ0n) is 9.94. The van der Waals surface area contributed by atoms with Crippen molar-refractivity contribution < 1.29 is 14.0 Å². The van der Waals surface area contributed by atoms with E-state index in [1.54, 1.807) is 41.5 Å². The van der Waals surface area contributed by atoms with Crippen LogP contribution >= 0.6 is 0 Å². The van der Waals surface area contributed by atoms with Crippen molar-refractivity contribution in [3.63, 3.8) is 0 Å². The van der Waals surface area contributed by atoms with E-state index in [4.69, 9.17) is 5.11 Å². The summed E-state index contributed by atoms with van der Waals surface area (Å²) in [6.07, 6.45) is 0. The Morgan fingerprint density at radius 3 is 1.50 bits per heavy atom. The molecule has 0 aliphatic carbocycles. The summed E-state index contributed by atoms with van der Waals surface area (Å²) in [4.78, 5) is 10.7. The van der Waals surface area contributed by atoms with E-state index >= 15 is 0 Å². The van der Waals surface area contributed by atoms with Crippen LogP contribution in [-0.2, 0) is 4.79 Å². The lowest BCUT2D eigenvalue weighted by Crippen LogP contribution is -2.49. The van der Waals surface area contributed by atoms with Crippen molar-refractivity contribution in [2.24, 2.45) is 0 Å². The lowest BCUT2D eigenvalue weighted by molar-refractivity contribution is -0.134. The van der Waals surface area contributed by atoms with Gasteiger partial charge in [0.25, 0.3) is 8.41 Å². The summed E-state index contributed by atoms with van der Waals surface area (Å²) in [6, 6.07) is -0.306. The largest absolute Gasteiger partial charge is 0.481 e. The average molecular weight is 220 g/mol. The monoisotopic (exact) mass is 220 g/mol. The summed E-state index contributed by atoms with van der Waals surface area (Å²) in [6.45, 7) is 10.8. The molecule has 0 aliphatic heterocycles. The molecule has 0 radical (unpaired) electrons. The first-order valence-corrected chi connectivity index (χ1v) is 6.91. The van der Waals surface area contributed by atoms with Gasteiger partial charge in [-0.3, -0.25) is 4.79 Å². The highest BCUT2D eigenvalue weighted by atomic mass is 28.4. The van der Waals surface area contributed by atoms with Crippen LogP contribution in [0.4, 0.5) is 4.11 Å². The highest BCUT2D eigenvalue weighted by molar-refractivity contribution is 6.81. The third-order valence-corrected chi connectivity index (χ3v) is 8.32. The van der Waals surface area contributed by atoms with Crippen molar-refractivity contribution in [1.29, 1.82) is 0 Å². The van der Waals surface area contributed by atoms with Crippen molar-refractivity contribution in [3.05, 3.63) is 0 Å². The lowest BCUT2D eigenvalue weighted by Gasteiger charge is -2.43. The maximum absolute atomic E-state index is 14.8. The van der Waals surface area contributed by atoms with E-state index in [1.807, 2.05) is 0 Å². The third kappa shape index (κ3) is 2.56. The maximum Gasteiger partial charge on any atom is 0.303 e. The quantitative estimate of drug-likeness (QED) is 0.570. The zero-order chi connectivity index (χ0) is 11.8. The summed E-state index contributed by atoms with van der Waals surface area (Å²) in [5.41, 5.74) is 0. The zero-order valence-corrected chi connectivity index (χ0v) is 10.9. The number of carboxylic acids is 1. The predicted octanol–water partition coefficient (Wildman–Crippen LogP) is 3.59. The average Bonchev–Trinajstić information content (AvgIpc) is 1.79. The van der Waals surface area contributed by atoms with Gasteiger partial charge in [0.05, 0.1) is 6.04 Å². The summed E-state index contributed by atoms with van der Waals surface area (Å²) in [5.74, 6) is -1.02. The van der Waals surface area contributed by atoms with Crippen LogP contribution in [0.5, 0.6) is 0 Å². The van der Waals surface area contributed by atoms with Crippen LogP contribution < -0.4 is 0 Å². The first-order valence-electron chi connectivity index (χ1n) is 4.82. The fourth-order valence-corrected chi connectivity index (χ4v) is 5.59. The van der Waals surface area contributed by atoms with Gasteiger partial charge in [-0.15, -0.1) is 0 Å². The molecule has 1 N–H and O–H groups in total. The van der Waals surface area contributed by atoms with Crippen LogP contribution in [0.2, 0.25) is 16.1 Å². The van der Waals surface area contributed by atoms with Gasteiger partial charge < -0.3 is 9.21 Å². The minimum atomic E-state index is -3.32. The van der Waals surface area contributed by atoms with E-state index in [0.29, 0.717) is 0 Å². The van der Waals surface area contributed by atoms with Crippen LogP contribution in [0.25, 0.3) is 0 Å². The molecule has 0 unspecified atom stereocenters. The molecule has 0 saturated heterocycles. The van der Waals surface area contributed by atoms with E-state index < -0.39 is 24.5 Å². The Morgan fingerprint density at radius 1 is 1.14 bits per heavy atom. The van der Waals surface area contributed by atoms with Crippen LogP contribution in [0.1, 0.15) is 41.5 Å². The molecular formula is C10H21FO2Si. The molecule has 0 saturated carbocycles. The fraction of sp³-hybridized carbons (Fsp3) is 0.900. The van der Waals surface area contributed by atoms with E-state index in [1.165, 1.54) is 0 Å². The summed E-state index contributed by atoms with van der Waals surface area (Å²) in [7, 11) is -3.32. The second-order valence-corrected chi connectivity index (χ2v) is 10.8. The molecule has 0 heterocycles. The van der Waals surface area contributed by atoms with Crippen molar-refractivity contribution >= 4 is 14.4 Å². The molecule has 84 valence electrons. The Kier molecular flexibility index (Phi) is 3.54. The second-order valence-electron chi connectivity index (χ2n) is 5.87. The maximum atomic E-state index is 14.8. The van der Waals surface area contributed by atoms with Gasteiger partial charge in [0.1, 0.15) is 0 Å². The van der Waals surface area contributed by atoms with E-state index in [9.17, 15) is 8.90 Å². The molecule has 0 spiro atoms. The molecule has 0 aliphatic rings.